The highest BCUT2D eigenvalue weighted by atomic mass is 32.2. The monoisotopic (exact) mass is 355 g/mol. The van der Waals surface area contributed by atoms with E-state index < -0.39 is 27.7 Å². The number of carbonyl (C=O) groups excluding carboxylic acids is 2. The molecule has 0 aromatic heterocycles. The molecule has 0 aliphatic carbocycles. The number of anilines is 1. The largest absolute Gasteiger partial charge is 0.395 e. The summed E-state index contributed by atoms with van der Waals surface area (Å²) in [6.45, 7) is 0.446. The fourth-order valence-corrected chi connectivity index (χ4v) is 3.38. The predicted molar refractivity (Wildman–Crippen MR) is 88.4 cm³/mol. The number of hydrogen-bond donors (Lipinski definition) is 3. The molecule has 1 heterocycles. The van der Waals surface area contributed by atoms with Gasteiger partial charge in [-0.05, 0) is 31.0 Å². The second-order valence-electron chi connectivity index (χ2n) is 5.69. The third-order valence-corrected chi connectivity index (χ3v) is 5.03. The molecule has 1 aliphatic heterocycles. The second-order valence-corrected chi connectivity index (χ2v) is 7.70. The van der Waals surface area contributed by atoms with E-state index in [2.05, 4.69) is 5.32 Å². The highest BCUT2D eigenvalue weighted by Gasteiger charge is 2.34. The van der Waals surface area contributed by atoms with Crippen LogP contribution in [0.25, 0.3) is 0 Å². The van der Waals surface area contributed by atoms with E-state index in [1.165, 1.54) is 23.1 Å². The molecule has 4 N–H and O–H groups in total. The minimum Gasteiger partial charge on any atom is -0.395 e. The molecule has 0 radical (unpaired) electrons. The van der Waals surface area contributed by atoms with Crippen molar-refractivity contribution in [3.8, 4) is 0 Å². The van der Waals surface area contributed by atoms with Crippen molar-refractivity contribution in [2.75, 3.05) is 31.3 Å². The quantitative estimate of drug-likeness (QED) is 0.636. The lowest BCUT2D eigenvalue weighted by molar-refractivity contribution is -0.121. The summed E-state index contributed by atoms with van der Waals surface area (Å²) in [7, 11) is -3.49. The smallest absolute Gasteiger partial charge is 0.256 e. The van der Waals surface area contributed by atoms with Gasteiger partial charge in [-0.2, -0.15) is 0 Å². The summed E-state index contributed by atoms with van der Waals surface area (Å²) >= 11 is 0. The van der Waals surface area contributed by atoms with E-state index in [9.17, 15) is 18.0 Å². The number of primary amides is 1. The fraction of sp³-hybridized carbons (Fsp3) is 0.467. The number of rotatable bonds is 6. The Morgan fingerprint density at radius 3 is 2.71 bits per heavy atom. The lowest BCUT2D eigenvalue weighted by Crippen LogP contribution is -2.43. The van der Waals surface area contributed by atoms with Crippen LogP contribution < -0.4 is 11.1 Å². The molecule has 0 bridgehead atoms. The van der Waals surface area contributed by atoms with Gasteiger partial charge in [0.15, 0.2) is 9.84 Å². The average molecular weight is 355 g/mol. The van der Waals surface area contributed by atoms with Gasteiger partial charge in [0.05, 0.1) is 17.1 Å². The van der Waals surface area contributed by atoms with Crippen LogP contribution in [0.4, 0.5) is 5.69 Å². The van der Waals surface area contributed by atoms with E-state index in [1.54, 1.807) is 0 Å². The minimum absolute atomic E-state index is 0.00946. The van der Waals surface area contributed by atoms with Gasteiger partial charge in [0.25, 0.3) is 5.91 Å². The highest BCUT2D eigenvalue weighted by molar-refractivity contribution is 7.90. The number of carbonyl (C=O) groups is 2. The van der Waals surface area contributed by atoms with Gasteiger partial charge >= 0.3 is 0 Å². The predicted octanol–water partition coefficient (Wildman–Crippen LogP) is -0.416. The molecule has 2 amide bonds. The van der Waals surface area contributed by atoms with Crippen molar-refractivity contribution in [1.82, 2.24) is 4.90 Å². The molecule has 1 atom stereocenters. The van der Waals surface area contributed by atoms with Gasteiger partial charge in [-0.25, -0.2) is 8.42 Å². The first-order valence-electron chi connectivity index (χ1n) is 7.55. The van der Waals surface area contributed by atoms with Gasteiger partial charge in [0.1, 0.15) is 6.04 Å². The van der Waals surface area contributed by atoms with Crippen LogP contribution in [0.1, 0.15) is 23.2 Å². The van der Waals surface area contributed by atoms with Gasteiger partial charge in [0.2, 0.25) is 5.91 Å². The summed E-state index contributed by atoms with van der Waals surface area (Å²) in [6, 6.07) is 3.47. The number of aliphatic hydroxyl groups excluding tert-OH is 1. The van der Waals surface area contributed by atoms with Crippen molar-refractivity contribution in [2.45, 2.75) is 23.8 Å². The van der Waals surface area contributed by atoms with Crippen molar-refractivity contribution in [3.05, 3.63) is 23.8 Å². The summed E-state index contributed by atoms with van der Waals surface area (Å²) in [5.41, 5.74) is 5.88. The lowest BCUT2D eigenvalue weighted by atomic mass is 10.1. The maximum atomic E-state index is 12.8. The van der Waals surface area contributed by atoms with E-state index in [0.717, 1.165) is 6.26 Å². The Labute approximate surface area is 140 Å². The number of nitrogens with one attached hydrogen (secondary N) is 1. The SMILES string of the molecule is CS(=O)(=O)c1ccc(NCCO)c(C(=O)N2CCC[C@@H]2C(N)=O)c1. The number of nitrogens with zero attached hydrogens (tertiary/aromatic N) is 1. The normalized spacial score (nSPS) is 17.8. The van der Waals surface area contributed by atoms with Crippen LogP contribution >= 0.6 is 0 Å². The van der Waals surface area contributed by atoms with Crippen LogP contribution in [0.2, 0.25) is 0 Å². The van der Waals surface area contributed by atoms with E-state index in [0.29, 0.717) is 25.1 Å². The van der Waals surface area contributed by atoms with Crippen LogP contribution in [0.15, 0.2) is 23.1 Å². The van der Waals surface area contributed by atoms with Crippen molar-refractivity contribution in [1.29, 1.82) is 0 Å². The number of benzene rings is 1. The molecule has 132 valence electrons. The number of aliphatic hydroxyl groups is 1. The molecule has 1 aliphatic rings. The Morgan fingerprint density at radius 1 is 1.42 bits per heavy atom. The Balaban J connectivity index is 2.44. The molecule has 0 unspecified atom stereocenters. The number of hydrogen-bond acceptors (Lipinski definition) is 6. The number of likely N-dealkylation sites (tertiary alicyclic amines) is 1. The first-order chi connectivity index (χ1) is 11.3. The lowest BCUT2D eigenvalue weighted by Gasteiger charge is -2.24. The molecule has 2 rings (SSSR count). The first-order valence-corrected chi connectivity index (χ1v) is 9.44. The molecule has 0 spiro atoms. The Hall–Kier alpha value is -2.13. The zero-order valence-electron chi connectivity index (χ0n) is 13.4. The third kappa shape index (κ3) is 3.85. The molecule has 9 heteroatoms. The summed E-state index contributed by atoms with van der Waals surface area (Å²) in [6.07, 6.45) is 2.20. The first kappa shape index (κ1) is 18.2. The molecule has 1 saturated heterocycles. The summed E-state index contributed by atoms with van der Waals surface area (Å²) in [5.74, 6) is -1.03. The van der Waals surface area contributed by atoms with Crippen molar-refractivity contribution in [3.63, 3.8) is 0 Å². The van der Waals surface area contributed by atoms with Crippen molar-refractivity contribution >= 4 is 27.3 Å². The number of amides is 2. The molecule has 1 aromatic carbocycles. The summed E-state index contributed by atoms with van der Waals surface area (Å²) in [4.78, 5) is 25.7. The summed E-state index contributed by atoms with van der Waals surface area (Å²) < 4.78 is 23.5. The molecule has 1 aromatic rings. The maximum absolute atomic E-state index is 12.8. The maximum Gasteiger partial charge on any atom is 0.256 e. The van der Waals surface area contributed by atoms with Crippen molar-refractivity contribution in [2.24, 2.45) is 5.73 Å². The molecular formula is C15H21N3O5S. The highest BCUT2D eigenvalue weighted by Crippen LogP contribution is 2.26. The Kier molecular flexibility index (Phi) is 5.45. The van der Waals surface area contributed by atoms with Crippen molar-refractivity contribution < 1.29 is 23.1 Å². The second kappa shape index (κ2) is 7.18. The van der Waals surface area contributed by atoms with Crippen LogP contribution in [-0.2, 0) is 14.6 Å². The van der Waals surface area contributed by atoms with Crippen LogP contribution in [0.5, 0.6) is 0 Å². The van der Waals surface area contributed by atoms with Gasteiger partial charge in [-0.3, -0.25) is 9.59 Å². The molecular weight excluding hydrogens is 334 g/mol. The zero-order valence-corrected chi connectivity index (χ0v) is 14.2. The Bertz CT molecular complexity index is 747. The zero-order chi connectivity index (χ0) is 17.9. The van der Waals surface area contributed by atoms with Gasteiger partial charge in [0, 0.05) is 25.0 Å². The molecule has 24 heavy (non-hydrogen) atoms. The van der Waals surface area contributed by atoms with Gasteiger partial charge in [-0.15, -0.1) is 0 Å². The molecule has 0 saturated carbocycles. The van der Waals surface area contributed by atoms with E-state index in [1.807, 2.05) is 0 Å². The number of nitrogens with two attached hydrogens (primary N) is 1. The average Bonchev–Trinajstić information content (AvgIpc) is 3.01. The van der Waals surface area contributed by atoms with Gasteiger partial charge in [-0.1, -0.05) is 0 Å². The standard InChI is InChI=1S/C15H21N3O5S/c1-24(22,23)10-4-5-12(17-6-8-19)11(9-10)15(21)18-7-2-3-13(18)14(16)20/h4-5,9,13,17,19H,2-3,6-8H2,1H3,(H2,16,20)/t13-/m1/s1. The van der Waals surface area contributed by atoms with Crippen LogP contribution in [0, 0.1) is 0 Å². The third-order valence-electron chi connectivity index (χ3n) is 3.92. The molecule has 8 nitrogen and oxygen atoms in total. The fourth-order valence-electron chi connectivity index (χ4n) is 2.74. The van der Waals surface area contributed by atoms with Gasteiger partial charge < -0.3 is 21.1 Å². The minimum atomic E-state index is -3.49. The van der Waals surface area contributed by atoms with E-state index in [-0.39, 0.29) is 23.6 Å². The number of sulfone groups is 1. The Morgan fingerprint density at radius 2 is 2.12 bits per heavy atom. The van der Waals surface area contributed by atoms with E-state index >= 15 is 0 Å². The van der Waals surface area contributed by atoms with E-state index in [4.69, 9.17) is 10.8 Å². The summed E-state index contributed by atoms with van der Waals surface area (Å²) in [5, 5.41) is 11.8. The van der Waals surface area contributed by atoms with Crippen LogP contribution in [-0.4, -0.2) is 62.2 Å². The van der Waals surface area contributed by atoms with Crippen LogP contribution in [0.3, 0.4) is 0 Å². The topological polar surface area (TPSA) is 130 Å². The molecule has 1 fully saturated rings.